The molecular weight excluding hydrogens is 258 g/mol. The molecule has 1 aliphatic heterocycles. The van der Waals surface area contributed by atoms with Gasteiger partial charge in [0.2, 0.25) is 12.3 Å². The average molecular weight is 273 g/mol. The number of nitrogens with zero attached hydrogens (tertiary/aromatic N) is 3. The summed E-state index contributed by atoms with van der Waals surface area (Å²) in [6.07, 6.45) is 1.92. The molecule has 1 amide bonds. The lowest BCUT2D eigenvalue weighted by Crippen LogP contribution is -2.63. The SMILES string of the molecule is CCC1(O)CN(C(=O)c2ccc(-c3nnco3)cc2)C1. The molecule has 3 rings (SSSR count). The molecule has 0 spiro atoms. The molecule has 1 aliphatic rings. The minimum atomic E-state index is -0.709. The molecule has 0 aliphatic carbocycles. The summed E-state index contributed by atoms with van der Waals surface area (Å²) in [6.45, 7) is 2.71. The normalized spacial score (nSPS) is 16.8. The zero-order valence-corrected chi connectivity index (χ0v) is 11.1. The van der Waals surface area contributed by atoms with Gasteiger partial charge in [0.05, 0.1) is 18.7 Å². The van der Waals surface area contributed by atoms with E-state index in [9.17, 15) is 9.90 Å². The van der Waals surface area contributed by atoms with Crippen molar-refractivity contribution >= 4 is 5.91 Å². The third-order valence-corrected chi connectivity index (χ3v) is 3.65. The Morgan fingerprint density at radius 2 is 2.10 bits per heavy atom. The Hall–Kier alpha value is -2.21. The first-order chi connectivity index (χ1) is 9.61. The minimum absolute atomic E-state index is 0.0693. The molecule has 0 radical (unpaired) electrons. The molecule has 1 saturated heterocycles. The van der Waals surface area contributed by atoms with E-state index >= 15 is 0 Å². The van der Waals surface area contributed by atoms with Crippen molar-refractivity contribution in [3.63, 3.8) is 0 Å². The predicted molar refractivity (Wildman–Crippen MR) is 70.9 cm³/mol. The lowest BCUT2D eigenvalue weighted by Gasteiger charge is -2.46. The Balaban J connectivity index is 1.71. The van der Waals surface area contributed by atoms with E-state index < -0.39 is 5.60 Å². The van der Waals surface area contributed by atoms with Crippen LogP contribution in [0, 0.1) is 0 Å². The molecule has 20 heavy (non-hydrogen) atoms. The van der Waals surface area contributed by atoms with Gasteiger partial charge in [-0.25, -0.2) is 0 Å². The monoisotopic (exact) mass is 273 g/mol. The van der Waals surface area contributed by atoms with Crippen LogP contribution in [0.2, 0.25) is 0 Å². The summed E-state index contributed by atoms with van der Waals surface area (Å²) in [7, 11) is 0. The minimum Gasteiger partial charge on any atom is -0.423 e. The lowest BCUT2D eigenvalue weighted by molar-refractivity contribution is -0.0826. The first kappa shape index (κ1) is 12.8. The largest absolute Gasteiger partial charge is 0.423 e. The molecular formula is C14H15N3O3. The summed E-state index contributed by atoms with van der Waals surface area (Å²) in [5, 5.41) is 17.4. The van der Waals surface area contributed by atoms with E-state index in [1.54, 1.807) is 29.2 Å². The second-order valence-corrected chi connectivity index (χ2v) is 5.06. The van der Waals surface area contributed by atoms with Crippen LogP contribution in [0.5, 0.6) is 0 Å². The number of hydrogen-bond acceptors (Lipinski definition) is 5. The third kappa shape index (κ3) is 2.18. The first-order valence-corrected chi connectivity index (χ1v) is 6.49. The van der Waals surface area contributed by atoms with Gasteiger partial charge in [-0.05, 0) is 30.7 Å². The summed E-state index contributed by atoms with van der Waals surface area (Å²) >= 11 is 0. The molecule has 104 valence electrons. The Morgan fingerprint density at radius 1 is 1.40 bits per heavy atom. The van der Waals surface area contributed by atoms with Gasteiger partial charge in [0.1, 0.15) is 0 Å². The fourth-order valence-electron chi connectivity index (χ4n) is 2.27. The number of aromatic nitrogens is 2. The highest BCUT2D eigenvalue weighted by molar-refractivity contribution is 5.95. The fraction of sp³-hybridized carbons (Fsp3) is 0.357. The zero-order valence-electron chi connectivity index (χ0n) is 11.1. The van der Waals surface area contributed by atoms with Crippen LogP contribution in [0.4, 0.5) is 0 Å². The van der Waals surface area contributed by atoms with Crippen molar-refractivity contribution in [2.45, 2.75) is 18.9 Å². The Kier molecular flexibility index (Phi) is 3.02. The van der Waals surface area contributed by atoms with Gasteiger partial charge in [0.15, 0.2) is 0 Å². The first-order valence-electron chi connectivity index (χ1n) is 6.49. The van der Waals surface area contributed by atoms with Crippen molar-refractivity contribution in [3.05, 3.63) is 36.2 Å². The second-order valence-electron chi connectivity index (χ2n) is 5.06. The van der Waals surface area contributed by atoms with Crippen LogP contribution in [0.1, 0.15) is 23.7 Å². The summed E-state index contributed by atoms with van der Waals surface area (Å²) in [5.74, 6) is 0.355. The topological polar surface area (TPSA) is 79.5 Å². The Bertz CT molecular complexity index is 601. The summed E-state index contributed by atoms with van der Waals surface area (Å²) < 4.78 is 5.09. The molecule has 1 N–H and O–H groups in total. The number of rotatable bonds is 3. The third-order valence-electron chi connectivity index (χ3n) is 3.65. The van der Waals surface area contributed by atoms with Crippen LogP contribution >= 0.6 is 0 Å². The number of amides is 1. The smallest absolute Gasteiger partial charge is 0.254 e. The molecule has 0 atom stereocenters. The van der Waals surface area contributed by atoms with Crippen molar-refractivity contribution in [1.82, 2.24) is 15.1 Å². The molecule has 1 aromatic carbocycles. The van der Waals surface area contributed by atoms with Gasteiger partial charge in [-0.1, -0.05) is 6.92 Å². The maximum Gasteiger partial charge on any atom is 0.254 e. The van der Waals surface area contributed by atoms with Crippen molar-refractivity contribution < 1.29 is 14.3 Å². The van der Waals surface area contributed by atoms with Crippen molar-refractivity contribution in [3.8, 4) is 11.5 Å². The maximum atomic E-state index is 12.2. The van der Waals surface area contributed by atoms with Gasteiger partial charge in [0.25, 0.3) is 5.91 Å². The van der Waals surface area contributed by atoms with Crippen molar-refractivity contribution in [1.29, 1.82) is 0 Å². The number of carbonyl (C=O) groups excluding carboxylic acids is 1. The molecule has 1 aromatic heterocycles. The molecule has 2 aromatic rings. The van der Waals surface area contributed by atoms with E-state index in [2.05, 4.69) is 10.2 Å². The molecule has 1 fully saturated rings. The van der Waals surface area contributed by atoms with Crippen LogP contribution in [-0.4, -0.2) is 44.8 Å². The standard InChI is InChI=1S/C14H15N3O3/c1-2-14(19)7-17(8-14)13(18)11-5-3-10(4-6-11)12-16-15-9-20-12/h3-6,9,19H,2,7-8H2,1H3. The number of aliphatic hydroxyl groups is 1. The van der Waals surface area contributed by atoms with Crippen LogP contribution in [0.3, 0.4) is 0 Å². The fourth-order valence-corrected chi connectivity index (χ4v) is 2.27. The van der Waals surface area contributed by atoms with Crippen LogP contribution in [-0.2, 0) is 0 Å². The highest BCUT2D eigenvalue weighted by Crippen LogP contribution is 2.26. The van der Waals surface area contributed by atoms with E-state index in [1.807, 2.05) is 6.92 Å². The number of likely N-dealkylation sites (tertiary alicyclic amines) is 1. The lowest BCUT2D eigenvalue weighted by atomic mass is 9.90. The van der Waals surface area contributed by atoms with Gasteiger partial charge in [-0.2, -0.15) is 0 Å². The van der Waals surface area contributed by atoms with E-state index in [4.69, 9.17) is 4.42 Å². The van der Waals surface area contributed by atoms with E-state index in [-0.39, 0.29) is 5.91 Å². The van der Waals surface area contributed by atoms with Gasteiger partial charge < -0.3 is 14.4 Å². The van der Waals surface area contributed by atoms with Crippen LogP contribution in [0.25, 0.3) is 11.5 Å². The maximum absolute atomic E-state index is 12.2. The van der Waals surface area contributed by atoms with Gasteiger partial charge in [-0.15, -0.1) is 10.2 Å². The summed E-state index contributed by atoms with van der Waals surface area (Å²) in [6, 6.07) is 7.00. The average Bonchev–Trinajstić information content (AvgIpc) is 2.97. The van der Waals surface area contributed by atoms with E-state index in [0.29, 0.717) is 31.0 Å². The molecule has 0 saturated carbocycles. The summed E-state index contributed by atoms with van der Waals surface area (Å²) in [4.78, 5) is 13.8. The molecule has 0 bridgehead atoms. The Morgan fingerprint density at radius 3 is 2.65 bits per heavy atom. The molecule has 2 heterocycles. The number of β-amino-alcohol motifs (C(OH)–C–C–N with tert-alkyl or cyclic N) is 1. The number of carbonyl (C=O) groups is 1. The zero-order chi connectivity index (χ0) is 14.2. The van der Waals surface area contributed by atoms with Gasteiger partial charge in [0, 0.05) is 11.1 Å². The van der Waals surface area contributed by atoms with Crippen molar-refractivity contribution in [2.24, 2.45) is 0 Å². The van der Waals surface area contributed by atoms with Gasteiger partial charge in [-0.3, -0.25) is 4.79 Å². The predicted octanol–water partition coefficient (Wildman–Crippen LogP) is 1.33. The second kappa shape index (κ2) is 4.72. The molecule has 6 nitrogen and oxygen atoms in total. The number of hydrogen-bond donors (Lipinski definition) is 1. The van der Waals surface area contributed by atoms with E-state index in [1.165, 1.54) is 6.39 Å². The van der Waals surface area contributed by atoms with Gasteiger partial charge >= 0.3 is 0 Å². The highest BCUT2D eigenvalue weighted by atomic mass is 16.4. The van der Waals surface area contributed by atoms with Crippen LogP contribution < -0.4 is 0 Å². The molecule has 6 heteroatoms. The number of benzene rings is 1. The molecule has 0 unspecified atom stereocenters. The summed E-state index contributed by atoms with van der Waals surface area (Å²) in [5.41, 5.74) is 0.651. The van der Waals surface area contributed by atoms with E-state index in [0.717, 1.165) is 5.56 Å². The van der Waals surface area contributed by atoms with Crippen molar-refractivity contribution in [2.75, 3.05) is 13.1 Å². The Labute approximate surface area is 116 Å². The van der Waals surface area contributed by atoms with Crippen LogP contribution in [0.15, 0.2) is 35.1 Å². The quantitative estimate of drug-likeness (QED) is 0.912. The highest BCUT2D eigenvalue weighted by Gasteiger charge is 2.42.